The van der Waals surface area contributed by atoms with E-state index in [9.17, 15) is 14.4 Å². The molecule has 3 rings (SSSR count). The monoisotopic (exact) mass is 319 g/mol. The Bertz CT molecular complexity index is 592. The quantitative estimate of drug-likeness (QED) is 0.585. The molecule has 0 radical (unpaired) electrons. The lowest BCUT2D eigenvalue weighted by atomic mass is 9.86. The number of ketones is 1. The minimum Gasteiger partial charge on any atom is -0.459 e. The molecule has 0 bridgehead atoms. The van der Waals surface area contributed by atoms with Crippen LogP contribution in [0.5, 0.6) is 0 Å². The van der Waals surface area contributed by atoms with E-state index in [1.807, 2.05) is 0 Å². The summed E-state index contributed by atoms with van der Waals surface area (Å²) in [6.45, 7) is 0. The molecule has 0 aromatic carbocycles. The third kappa shape index (κ3) is 3.27. The summed E-state index contributed by atoms with van der Waals surface area (Å²) in [5, 5.41) is 0. The lowest BCUT2D eigenvalue weighted by Crippen LogP contribution is -2.39. The summed E-state index contributed by atoms with van der Waals surface area (Å²) in [6, 6.07) is 0. The number of carbonyl (C=O) groups is 3. The zero-order valence-corrected chi connectivity index (χ0v) is 13.2. The number of allylic oxidation sites excluding steroid dienone is 1. The number of fused-ring (bicyclic) bond motifs is 1. The van der Waals surface area contributed by atoms with Crippen molar-refractivity contribution in [1.29, 1.82) is 0 Å². The number of Topliss-reactive ketones (excluding diaryl/α,β-unsaturated/α-hetero) is 1. The van der Waals surface area contributed by atoms with E-state index >= 15 is 0 Å². The lowest BCUT2D eigenvalue weighted by Gasteiger charge is -2.31. The van der Waals surface area contributed by atoms with Gasteiger partial charge in [-0.15, -0.1) is 0 Å². The summed E-state index contributed by atoms with van der Waals surface area (Å²) >= 11 is 0. The molecule has 0 aromatic heterocycles. The van der Waals surface area contributed by atoms with Crippen LogP contribution >= 0.6 is 0 Å². The van der Waals surface area contributed by atoms with Gasteiger partial charge in [-0.2, -0.15) is 0 Å². The van der Waals surface area contributed by atoms with Crippen LogP contribution in [0, 0.1) is 5.92 Å². The summed E-state index contributed by atoms with van der Waals surface area (Å²) in [5.74, 6) is -2.31. The fourth-order valence-electron chi connectivity index (χ4n) is 3.45. The fourth-order valence-corrected chi connectivity index (χ4v) is 3.45. The van der Waals surface area contributed by atoms with Crippen molar-refractivity contribution in [3.63, 3.8) is 0 Å². The van der Waals surface area contributed by atoms with Gasteiger partial charge in [0.25, 0.3) is 5.91 Å². The second-order valence-corrected chi connectivity index (χ2v) is 6.27. The number of esters is 1. The number of hydrogen-bond donors (Lipinski definition) is 0. The van der Waals surface area contributed by atoms with Crippen LogP contribution in [0.4, 0.5) is 0 Å². The molecule has 1 aliphatic heterocycles. The Labute approximate surface area is 134 Å². The van der Waals surface area contributed by atoms with Gasteiger partial charge in [0.1, 0.15) is 6.10 Å². The van der Waals surface area contributed by atoms with Gasteiger partial charge in [-0.1, -0.05) is 6.42 Å². The van der Waals surface area contributed by atoms with Crippen molar-refractivity contribution in [2.75, 3.05) is 7.11 Å². The zero-order valence-electron chi connectivity index (χ0n) is 13.2. The maximum atomic E-state index is 12.4. The highest BCUT2D eigenvalue weighted by Crippen LogP contribution is 2.28. The smallest absolute Gasteiger partial charge is 0.322 e. The van der Waals surface area contributed by atoms with Crippen LogP contribution in [0.25, 0.3) is 0 Å². The second-order valence-electron chi connectivity index (χ2n) is 6.27. The molecule has 1 heterocycles. The van der Waals surface area contributed by atoms with Gasteiger partial charge in [0.05, 0.1) is 11.8 Å². The van der Waals surface area contributed by atoms with E-state index in [1.54, 1.807) is 7.11 Å². The molecule has 2 aliphatic carbocycles. The molecule has 0 spiro atoms. The number of amides is 1. The van der Waals surface area contributed by atoms with E-state index < -0.39 is 17.8 Å². The van der Waals surface area contributed by atoms with Crippen molar-refractivity contribution in [2.45, 2.75) is 57.2 Å². The molecule has 0 N–H and O–H groups in total. The van der Waals surface area contributed by atoms with E-state index in [-0.39, 0.29) is 18.0 Å². The van der Waals surface area contributed by atoms with Crippen molar-refractivity contribution in [2.24, 2.45) is 10.9 Å². The van der Waals surface area contributed by atoms with E-state index in [0.29, 0.717) is 30.5 Å². The Morgan fingerprint density at radius 1 is 1.13 bits per heavy atom. The molecular weight excluding hydrogens is 298 g/mol. The number of methoxy groups -OCH3 is 1. The average Bonchev–Trinajstić information content (AvgIpc) is 2.55. The summed E-state index contributed by atoms with van der Waals surface area (Å²) in [4.78, 5) is 40.4. The molecule has 3 aliphatic rings. The maximum Gasteiger partial charge on any atom is 0.322 e. The lowest BCUT2D eigenvalue weighted by molar-refractivity contribution is -0.163. The molecule has 124 valence electrons. The van der Waals surface area contributed by atoms with Crippen molar-refractivity contribution in [1.82, 2.24) is 0 Å². The Hall–Kier alpha value is -1.82. The van der Waals surface area contributed by atoms with Gasteiger partial charge in [0, 0.05) is 19.1 Å². The molecular formula is C17H21NO5. The van der Waals surface area contributed by atoms with Crippen LogP contribution < -0.4 is 0 Å². The van der Waals surface area contributed by atoms with Crippen molar-refractivity contribution >= 4 is 23.4 Å². The summed E-state index contributed by atoms with van der Waals surface area (Å²) in [5.41, 5.74) is 0.937. The average molecular weight is 319 g/mol. The second kappa shape index (κ2) is 6.74. The topological polar surface area (TPSA) is 82.0 Å². The molecule has 2 saturated carbocycles. The first kappa shape index (κ1) is 16.1. The van der Waals surface area contributed by atoms with Crippen LogP contribution in [-0.4, -0.2) is 42.7 Å². The first-order valence-electron chi connectivity index (χ1n) is 8.20. The SMILES string of the molecule is COC1CCCCC1OC(=O)C1C=C2C(=O)CCCC2=NC1=O. The van der Waals surface area contributed by atoms with Crippen molar-refractivity contribution < 1.29 is 23.9 Å². The van der Waals surface area contributed by atoms with E-state index in [1.165, 1.54) is 6.08 Å². The molecule has 6 nitrogen and oxygen atoms in total. The number of rotatable bonds is 3. The van der Waals surface area contributed by atoms with Crippen molar-refractivity contribution in [3.05, 3.63) is 11.6 Å². The Kier molecular flexibility index (Phi) is 4.71. The summed E-state index contributed by atoms with van der Waals surface area (Å²) < 4.78 is 10.9. The van der Waals surface area contributed by atoms with Crippen LogP contribution in [-0.2, 0) is 23.9 Å². The van der Waals surface area contributed by atoms with Crippen LogP contribution in [0.15, 0.2) is 16.6 Å². The third-order valence-electron chi connectivity index (χ3n) is 4.74. The van der Waals surface area contributed by atoms with Gasteiger partial charge in [0.2, 0.25) is 0 Å². The molecule has 0 saturated heterocycles. The fraction of sp³-hybridized carbons (Fsp3) is 0.647. The normalized spacial score (nSPS) is 31.1. The molecule has 3 unspecified atom stereocenters. The predicted molar refractivity (Wildman–Crippen MR) is 82.0 cm³/mol. The zero-order chi connectivity index (χ0) is 16.4. The number of nitrogens with zero attached hydrogens (tertiary/aromatic N) is 1. The van der Waals surface area contributed by atoms with E-state index in [4.69, 9.17) is 9.47 Å². The number of ether oxygens (including phenoxy) is 2. The van der Waals surface area contributed by atoms with Crippen LogP contribution in [0.1, 0.15) is 44.9 Å². The first-order chi connectivity index (χ1) is 11.1. The highest BCUT2D eigenvalue weighted by Gasteiger charge is 2.37. The van der Waals surface area contributed by atoms with E-state index in [2.05, 4.69) is 4.99 Å². The molecule has 2 fully saturated rings. The Morgan fingerprint density at radius 3 is 2.61 bits per heavy atom. The number of dihydropyridines is 1. The first-order valence-corrected chi connectivity index (χ1v) is 8.20. The highest BCUT2D eigenvalue weighted by molar-refractivity contribution is 6.28. The number of carbonyl (C=O) groups excluding carboxylic acids is 3. The van der Waals surface area contributed by atoms with Crippen molar-refractivity contribution in [3.8, 4) is 0 Å². The van der Waals surface area contributed by atoms with E-state index in [0.717, 1.165) is 25.7 Å². The standard InChI is InChI=1S/C17H21NO5/c1-22-14-7-2-3-8-15(14)23-17(21)11-9-10-12(18-16(11)20)5-4-6-13(10)19/h9,11,14-15H,2-8H2,1H3. The Morgan fingerprint density at radius 2 is 1.87 bits per heavy atom. The summed E-state index contributed by atoms with van der Waals surface area (Å²) in [6.07, 6.45) is 6.32. The number of aliphatic imine (C=N–C) groups is 1. The predicted octanol–water partition coefficient (Wildman–Crippen LogP) is 1.76. The van der Waals surface area contributed by atoms with Gasteiger partial charge in [-0.3, -0.25) is 14.4 Å². The highest BCUT2D eigenvalue weighted by atomic mass is 16.6. The number of hydrogen-bond acceptors (Lipinski definition) is 5. The molecule has 23 heavy (non-hydrogen) atoms. The van der Waals surface area contributed by atoms with Gasteiger partial charge in [-0.25, -0.2) is 4.99 Å². The Balaban J connectivity index is 1.73. The van der Waals surface area contributed by atoms with Gasteiger partial charge >= 0.3 is 5.97 Å². The van der Waals surface area contributed by atoms with Gasteiger partial charge in [0.15, 0.2) is 11.7 Å². The minimum absolute atomic E-state index is 0.0484. The molecule has 1 amide bonds. The van der Waals surface area contributed by atoms with Gasteiger partial charge in [-0.05, 0) is 38.2 Å². The maximum absolute atomic E-state index is 12.4. The molecule has 0 aromatic rings. The minimum atomic E-state index is -1.10. The van der Waals surface area contributed by atoms with Crippen LogP contribution in [0.3, 0.4) is 0 Å². The molecule has 6 heteroatoms. The third-order valence-corrected chi connectivity index (χ3v) is 4.74. The largest absolute Gasteiger partial charge is 0.459 e. The summed E-state index contributed by atoms with van der Waals surface area (Å²) in [7, 11) is 1.60. The molecule has 3 atom stereocenters. The van der Waals surface area contributed by atoms with Crippen LogP contribution in [0.2, 0.25) is 0 Å². The van der Waals surface area contributed by atoms with Gasteiger partial charge < -0.3 is 9.47 Å².